The monoisotopic (exact) mass is 317 g/mol. The highest BCUT2D eigenvalue weighted by Crippen LogP contribution is 2.22. The highest BCUT2D eigenvalue weighted by atomic mass is 16.5. The fourth-order valence-corrected chi connectivity index (χ4v) is 2.94. The van der Waals surface area contributed by atoms with Crippen LogP contribution in [0.3, 0.4) is 0 Å². The Kier molecular flexibility index (Phi) is 5.13. The molecule has 2 aromatic rings. The molecule has 1 aliphatic rings. The van der Waals surface area contributed by atoms with Crippen LogP contribution in [-0.2, 0) is 11.3 Å². The lowest BCUT2D eigenvalue weighted by Crippen LogP contribution is -2.47. The molecule has 5 nitrogen and oxygen atoms in total. The van der Waals surface area contributed by atoms with Crippen LogP contribution >= 0.6 is 0 Å². The third kappa shape index (κ3) is 3.82. The van der Waals surface area contributed by atoms with E-state index in [0.717, 1.165) is 11.1 Å². The molecule has 1 saturated heterocycles. The maximum atomic E-state index is 9.94. The van der Waals surface area contributed by atoms with Crippen LogP contribution in [0, 0.1) is 5.92 Å². The normalized spacial score (nSPS) is 24.7. The number of hydrogen-bond donors (Lipinski definition) is 3. The zero-order chi connectivity index (χ0) is 16.2. The van der Waals surface area contributed by atoms with Gasteiger partial charge in [-0.25, -0.2) is 0 Å². The molecule has 124 valence electrons. The Hall–Kier alpha value is -1.66. The average Bonchev–Trinajstić information content (AvgIpc) is 2.58. The third-order valence-corrected chi connectivity index (χ3v) is 4.35. The Morgan fingerprint density at radius 3 is 2.74 bits per heavy atom. The first-order chi connectivity index (χ1) is 11.2. The molecular weight excluding hydrogens is 294 g/mol. The van der Waals surface area contributed by atoms with E-state index in [2.05, 4.69) is 23.5 Å². The molecule has 0 bridgehead atoms. The fourth-order valence-electron chi connectivity index (χ4n) is 2.94. The molecule has 23 heavy (non-hydrogen) atoms. The molecule has 3 atom stereocenters. The van der Waals surface area contributed by atoms with Gasteiger partial charge in [0.1, 0.15) is 11.9 Å². The second-order valence-electron chi connectivity index (χ2n) is 6.03. The van der Waals surface area contributed by atoms with E-state index in [0.29, 0.717) is 19.7 Å². The summed E-state index contributed by atoms with van der Waals surface area (Å²) in [5.74, 6) is 0.775. The Morgan fingerprint density at radius 2 is 1.91 bits per heavy atom. The number of methoxy groups -OCH3 is 1. The highest BCUT2D eigenvalue weighted by Gasteiger charge is 2.30. The SMILES string of the molecule is COc1ccc2cc(CNC[C@@H]3COC[C@@H](O)[C@H]3O)ccc2c1. The number of rotatable bonds is 5. The lowest BCUT2D eigenvalue weighted by atomic mass is 9.96. The van der Waals surface area contributed by atoms with Crippen LogP contribution < -0.4 is 10.1 Å². The van der Waals surface area contributed by atoms with Crippen LogP contribution in [0.15, 0.2) is 36.4 Å². The summed E-state index contributed by atoms with van der Waals surface area (Å²) in [6, 6.07) is 12.3. The van der Waals surface area contributed by atoms with Gasteiger partial charge in [0.05, 0.1) is 26.4 Å². The topological polar surface area (TPSA) is 71.0 Å². The summed E-state index contributed by atoms with van der Waals surface area (Å²) < 4.78 is 10.5. The summed E-state index contributed by atoms with van der Waals surface area (Å²) in [5.41, 5.74) is 1.18. The minimum atomic E-state index is -0.786. The van der Waals surface area contributed by atoms with Gasteiger partial charge in [0.25, 0.3) is 0 Å². The minimum absolute atomic E-state index is 0.0801. The largest absolute Gasteiger partial charge is 0.497 e. The summed E-state index contributed by atoms with van der Waals surface area (Å²) in [6.07, 6.45) is -1.51. The Labute approximate surface area is 135 Å². The molecule has 0 spiro atoms. The van der Waals surface area contributed by atoms with Crippen LogP contribution in [-0.4, -0.2) is 49.3 Å². The van der Waals surface area contributed by atoms with Gasteiger partial charge in [0, 0.05) is 19.0 Å². The van der Waals surface area contributed by atoms with Crippen molar-refractivity contribution in [2.75, 3.05) is 26.9 Å². The molecule has 1 aliphatic heterocycles. The van der Waals surface area contributed by atoms with Gasteiger partial charge in [-0.1, -0.05) is 18.2 Å². The van der Waals surface area contributed by atoms with Crippen molar-refractivity contribution in [1.82, 2.24) is 5.32 Å². The molecule has 3 rings (SSSR count). The number of benzene rings is 2. The summed E-state index contributed by atoms with van der Waals surface area (Å²) in [4.78, 5) is 0. The van der Waals surface area contributed by atoms with Crippen LogP contribution in [0.4, 0.5) is 0 Å². The number of hydrogen-bond acceptors (Lipinski definition) is 5. The van der Waals surface area contributed by atoms with E-state index in [1.807, 2.05) is 18.2 Å². The lowest BCUT2D eigenvalue weighted by molar-refractivity contribution is -0.119. The molecule has 1 heterocycles. The smallest absolute Gasteiger partial charge is 0.119 e. The molecule has 3 N–H and O–H groups in total. The van der Waals surface area contributed by atoms with Gasteiger partial charge < -0.3 is 25.0 Å². The van der Waals surface area contributed by atoms with Gasteiger partial charge in [-0.3, -0.25) is 0 Å². The number of nitrogens with one attached hydrogen (secondary N) is 1. The van der Waals surface area contributed by atoms with Gasteiger partial charge in [0.2, 0.25) is 0 Å². The molecule has 0 aliphatic carbocycles. The standard InChI is InChI=1S/C18H23NO4/c1-22-16-5-4-13-6-12(2-3-14(13)7-16)8-19-9-15-10-23-11-17(20)18(15)21/h2-7,15,17-21H,8-11H2,1H3/t15-,17-,18+/m1/s1. The van der Waals surface area contributed by atoms with Crippen LogP contribution in [0.25, 0.3) is 10.8 Å². The van der Waals surface area contributed by atoms with Crippen molar-refractivity contribution in [2.45, 2.75) is 18.8 Å². The Balaban J connectivity index is 1.59. The van der Waals surface area contributed by atoms with Gasteiger partial charge >= 0.3 is 0 Å². The van der Waals surface area contributed by atoms with E-state index in [9.17, 15) is 10.2 Å². The van der Waals surface area contributed by atoms with Crippen molar-refractivity contribution in [2.24, 2.45) is 5.92 Å². The predicted octanol–water partition coefficient (Wildman–Crippen LogP) is 1.31. The van der Waals surface area contributed by atoms with E-state index in [1.165, 1.54) is 10.9 Å². The van der Waals surface area contributed by atoms with Crippen molar-refractivity contribution in [1.29, 1.82) is 0 Å². The van der Waals surface area contributed by atoms with Crippen molar-refractivity contribution in [3.8, 4) is 5.75 Å². The van der Waals surface area contributed by atoms with E-state index >= 15 is 0 Å². The number of ether oxygens (including phenoxy) is 2. The van der Waals surface area contributed by atoms with Crippen molar-refractivity contribution in [3.63, 3.8) is 0 Å². The first-order valence-corrected chi connectivity index (χ1v) is 7.88. The number of fused-ring (bicyclic) bond motifs is 1. The number of aliphatic hydroxyl groups is 2. The van der Waals surface area contributed by atoms with Gasteiger partial charge in [-0.05, 0) is 34.5 Å². The molecule has 0 unspecified atom stereocenters. The molecule has 0 saturated carbocycles. The van der Waals surface area contributed by atoms with Gasteiger partial charge in [0.15, 0.2) is 0 Å². The second-order valence-corrected chi connectivity index (χ2v) is 6.03. The van der Waals surface area contributed by atoms with E-state index < -0.39 is 12.2 Å². The fraction of sp³-hybridized carbons (Fsp3) is 0.444. The maximum absolute atomic E-state index is 9.94. The second kappa shape index (κ2) is 7.27. The zero-order valence-corrected chi connectivity index (χ0v) is 13.2. The summed E-state index contributed by atoms with van der Waals surface area (Å²) in [6.45, 7) is 2.01. The Bertz CT molecular complexity index is 661. The van der Waals surface area contributed by atoms with Gasteiger partial charge in [-0.2, -0.15) is 0 Å². The predicted molar refractivity (Wildman–Crippen MR) is 88.5 cm³/mol. The minimum Gasteiger partial charge on any atom is -0.497 e. The van der Waals surface area contributed by atoms with Crippen LogP contribution in [0.1, 0.15) is 5.56 Å². The van der Waals surface area contributed by atoms with Crippen molar-refractivity contribution in [3.05, 3.63) is 42.0 Å². The summed E-state index contributed by atoms with van der Waals surface area (Å²) in [7, 11) is 1.67. The average molecular weight is 317 g/mol. The Morgan fingerprint density at radius 1 is 1.13 bits per heavy atom. The molecule has 0 amide bonds. The first-order valence-electron chi connectivity index (χ1n) is 7.88. The maximum Gasteiger partial charge on any atom is 0.119 e. The van der Waals surface area contributed by atoms with E-state index in [1.54, 1.807) is 7.11 Å². The first kappa shape index (κ1) is 16.2. The van der Waals surface area contributed by atoms with Crippen LogP contribution in [0.5, 0.6) is 5.75 Å². The van der Waals surface area contributed by atoms with Gasteiger partial charge in [-0.15, -0.1) is 0 Å². The van der Waals surface area contributed by atoms with E-state index in [4.69, 9.17) is 9.47 Å². The molecule has 0 radical (unpaired) electrons. The summed E-state index contributed by atoms with van der Waals surface area (Å²) >= 11 is 0. The van der Waals surface area contributed by atoms with E-state index in [-0.39, 0.29) is 12.5 Å². The third-order valence-electron chi connectivity index (χ3n) is 4.35. The van der Waals surface area contributed by atoms with Crippen molar-refractivity contribution >= 4 is 10.8 Å². The molecule has 0 aromatic heterocycles. The summed E-state index contributed by atoms with van der Waals surface area (Å²) in [5, 5.41) is 25.2. The molecular formula is C18H23NO4. The highest BCUT2D eigenvalue weighted by molar-refractivity contribution is 5.84. The molecule has 2 aromatic carbocycles. The lowest BCUT2D eigenvalue weighted by Gasteiger charge is -2.31. The molecule has 1 fully saturated rings. The number of aliphatic hydroxyl groups excluding tert-OH is 2. The quantitative estimate of drug-likeness (QED) is 0.775. The van der Waals surface area contributed by atoms with Crippen molar-refractivity contribution < 1.29 is 19.7 Å². The zero-order valence-electron chi connectivity index (χ0n) is 13.2. The molecule has 5 heteroatoms. The van der Waals surface area contributed by atoms with Crippen LogP contribution in [0.2, 0.25) is 0 Å².